The van der Waals surface area contributed by atoms with E-state index in [2.05, 4.69) is 63.3 Å². The van der Waals surface area contributed by atoms with E-state index in [9.17, 15) is 0 Å². The van der Waals surface area contributed by atoms with Crippen LogP contribution in [0.15, 0.2) is 34.7 Å². The largest absolute Gasteiger partial charge is 0.466 e. The van der Waals surface area contributed by atoms with Crippen molar-refractivity contribution in [2.45, 2.75) is 53.0 Å². The van der Waals surface area contributed by atoms with E-state index in [0.717, 1.165) is 24.5 Å². The number of hydrogen-bond donors (Lipinski definition) is 1. The van der Waals surface area contributed by atoms with Gasteiger partial charge in [-0.1, -0.05) is 45.0 Å². The third kappa shape index (κ3) is 3.98. The molecular weight excluding hydrogens is 258 g/mol. The van der Waals surface area contributed by atoms with Gasteiger partial charge in [0.05, 0.1) is 0 Å². The maximum absolute atomic E-state index is 5.69. The van der Waals surface area contributed by atoms with Crippen molar-refractivity contribution in [3.63, 3.8) is 0 Å². The Labute approximate surface area is 128 Å². The Balaban J connectivity index is 2.18. The van der Waals surface area contributed by atoms with E-state index >= 15 is 0 Å². The van der Waals surface area contributed by atoms with Gasteiger partial charge in [0.1, 0.15) is 11.5 Å². The quantitative estimate of drug-likeness (QED) is 0.815. The van der Waals surface area contributed by atoms with E-state index in [1.807, 2.05) is 6.92 Å². The summed E-state index contributed by atoms with van der Waals surface area (Å²) < 4.78 is 5.69. The molecule has 2 heteroatoms. The smallest absolute Gasteiger partial charge is 0.105 e. The minimum atomic E-state index is 0.317. The third-order valence-corrected chi connectivity index (χ3v) is 3.99. The SMILES string of the molecule is CCNC(Cc1ccc(C(C)C)cc1)c1cc(C)oc1C. The van der Waals surface area contributed by atoms with Crippen LogP contribution in [-0.2, 0) is 6.42 Å². The zero-order valence-corrected chi connectivity index (χ0v) is 13.9. The first kappa shape index (κ1) is 15.8. The van der Waals surface area contributed by atoms with Crippen LogP contribution in [0.2, 0.25) is 0 Å². The molecule has 1 unspecified atom stereocenters. The highest BCUT2D eigenvalue weighted by Crippen LogP contribution is 2.25. The number of likely N-dealkylation sites (N-methyl/N-ethyl adjacent to an activating group) is 1. The van der Waals surface area contributed by atoms with Crippen LogP contribution in [0.1, 0.15) is 60.9 Å². The molecule has 0 fully saturated rings. The van der Waals surface area contributed by atoms with Crippen molar-refractivity contribution in [2.75, 3.05) is 6.54 Å². The fourth-order valence-electron chi connectivity index (χ4n) is 2.81. The lowest BCUT2D eigenvalue weighted by Crippen LogP contribution is -2.23. The summed E-state index contributed by atoms with van der Waals surface area (Å²) in [7, 11) is 0. The van der Waals surface area contributed by atoms with Gasteiger partial charge >= 0.3 is 0 Å². The molecule has 0 aliphatic carbocycles. The first-order valence-electron chi connectivity index (χ1n) is 7.90. The average Bonchev–Trinajstić information content (AvgIpc) is 2.78. The highest BCUT2D eigenvalue weighted by Gasteiger charge is 2.17. The Kier molecular flexibility index (Phi) is 5.24. The van der Waals surface area contributed by atoms with Crippen LogP contribution in [0.5, 0.6) is 0 Å². The van der Waals surface area contributed by atoms with Gasteiger partial charge in [-0.25, -0.2) is 0 Å². The minimum Gasteiger partial charge on any atom is -0.466 e. The average molecular weight is 285 g/mol. The lowest BCUT2D eigenvalue weighted by atomic mass is 9.96. The van der Waals surface area contributed by atoms with Crippen LogP contribution in [0.3, 0.4) is 0 Å². The van der Waals surface area contributed by atoms with Crippen LogP contribution >= 0.6 is 0 Å². The lowest BCUT2D eigenvalue weighted by molar-refractivity contribution is 0.484. The van der Waals surface area contributed by atoms with E-state index in [0.29, 0.717) is 12.0 Å². The number of furan rings is 1. The van der Waals surface area contributed by atoms with Gasteiger partial charge in [0.2, 0.25) is 0 Å². The molecule has 0 radical (unpaired) electrons. The number of benzene rings is 1. The molecule has 0 aliphatic heterocycles. The Bertz CT molecular complexity index is 566. The highest BCUT2D eigenvalue weighted by atomic mass is 16.3. The second-order valence-corrected chi connectivity index (χ2v) is 6.08. The zero-order valence-electron chi connectivity index (χ0n) is 13.9. The molecule has 2 nitrogen and oxygen atoms in total. The number of hydrogen-bond acceptors (Lipinski definition) is 2. The van der Waals surface area contributed by atoms with Gasteiger partial charge in [-0.2, -0.15) is 0 Å². The lowest BCUT2D eigenvalue weighted by Gasteiger charge is -2.18. The van der Waals surface area contributed by atoms with Gasteiger partial charge in [-0.3, -0.25) is 0 Å². The molecule has 2 aromatic rings. The molecule has 0 saturated heterocycles. The molecule has 1 aromatic carbocycles. The summed E-state index contributed by atoms with van der Waals surface area (Å²) in [4.78, 5) is 0. The van der Waals surface area contributed by atoms with Crippen LogP contribution in [0, 0.1) is 13.8 Å². The van der Waals surface area contributed by atoms with Crippen LogP contribution in [0.4, 0.5) is 0 Å². The molecule has 1 heterocycles. The summed E-state index contributed by atoms with van der Waals surface area (Å²) in [5, 5.41) is 3.58. The second-order valence-electron chi connectivity index (χ2n) is 6.08. The van der Waals surface area contributed by atoms with Crippen LogP contribution in [-0.4, -0.2) is 6.54 Å². The van der Waals surface area contributed by atoms with E-state index < -0.39 is 0 Å². The summed E-state index contributed by atoms with van der Waals surface area (Å²) in [6.07, 6.45) is 0.992. The van der Waals surface area contributed by atoms with Gasteiger partial charge < -0.3 is 9.73 Å². The normalized spacial score (nSPS) is 12.9. The van der Waals surface area contributed by atoms with Crippen molar-refractivity contribution < 1.29 is 4.42 Å². The third-order valence-electron chi connectivity index (χ3n) is 3.99. The summed E-state index contributed by atoms with van der Waals surface area (Å²) in [6, 6.07) is 11.5. The van der Waals surface area contributed by atoms with E-state index in [-0.39, 0.29) is 0 Å². The molecule has 0 amide bonds. The number of rotatable bonds is 6. The van der Waals surface area contributed by atoms with Crippen molar-refractivity contribution in [1.29, 1.82) is 0 Å². The van der Waals surface area contributed by atoms with Crippen molar-refractivity contribution in [1.82, 2.24) is 5.32 Å². The maximum Gasteiger partial charge on any atom is 0.105 e. The summed E-state index contributed by atoms with van der Waals surface area (Å²) in [5.74, 6) is 2.60. The predicted octanol–water partition coefficient (Wildman–Crippen LogP) is 4.91. The fourth-order valence-corrected chi connectivity index (χ4v) is 2.81. The van der Waals surface area contributed by atoms with Crippen molar-refractivity contribution >= 4 is 0 Å². The molecule has 0 saturated carbocycles. The Hall–Kier alpha value is -1.54. The van der Waals surface area contributed by atoms with Gasteiger partial charge in [0.15, 0.2) is 0 Å². The first-order chi connectivity index (χ1) is 10.0. The molecular formula is C19H27NO. The fraction of sp³-hybridized carbons (Fsp3) is 0.474. The Morgan fingerprint density at radius 2 is 1.76 bits per heavy atom. The monoisotopic (exact) mass is 285 g/mol. The Morgan fingerprint density at radius 3 is 2.24 bits per heavy atom. The maximum atomic E-state index is 5.69. The summed E-state index contributed by atoms with van der Waals surface area (Å²) in [6.45, 7) is 11.6. The molecule has 1 N–H and O–H groups in total. The van der Waals surface area contributed by atoms with E-state index in [4.69, 9.17) is 4.42 Å². The van der Waals surface area contributed by atoms with Crippen molar-refractivity contribution in [3.8, 4) is 0 Å². The molecule has 2 rings (SSSR count). The summed E-state index contributed by atoms with van der Waals surface area (Å²) in [5.41, 5.74) is 4.04. The topological polar surface area (TPSA) is 25.2 Å². The standard InChI is InChI=1S/C19H27NO/c1-6-20-19(18-11-14(4)21-15(18)5)12-16-7-9-17(10-8-16)13(2)3/h7-11,13,19-20H,6,12H2,1-5H3. The number of nitrogens with one attached hydrogen (secondary N) is 1. The predicted molar refractivity (Wildman–Crippen MR) is 88.8 cm³/mol. The van der Waals surface area contributed by atoms with Gasteiger partial charge in [-0.05, 0) is 49.9 Å². The molecule has 1 atom stereocenters. The molecule has 0 bridgehead atoms. The zero-order chi connectivity index (χ0) is 15.4. The minimum absolute atomic E-state index is 0.317. The molecule has 0 aliphatic rings. The van der Waals surface area contributed by atoms with Crippen LogP contribution in [0.25, 0.3) is 0 Å². The Morgan fingerprint density at radius 1 is 1.10 bits per heavy atom. The van der Waals surface area contributed by atoms with Gasteiger partial charge in [0.25, 0.3) is 0 Å². The summed E-state index contributed by atoms with van der Waals surface area (Å²) >= 11 is 0. The van der Waals surface area contributed by atoms with E-state index in [1.165, 1.54) is 16.7 Å². The van der Waals surface area contributed by atoms with E-state index in [1.54, 1.807) is 0 Å². The van der Waals surface area contributed by atoms with Gasteiger partial charge in [0, 0.05) is 11.6 Å². The van der Waals surface area contributed by atoms with Crippen LogP contribution < -0.4 is 5.32 Å². The molecule has 1 aromatic heterocycles. The number of aryl methyl sites for hydroxylation is 2. The molecule has 0 spiro atoms. The molecule has 21 heavy (non-hydrogen) atoms. The molecule has 114 valence electrons. The first-order valence-corrected chi connectivity index (χ1v) is 7.90. The highest BCUT2D eigenvalue weighted by molar-refractivity contribution is 5.29. The van der Waals surface area contributed by atoms with Crippen molar-refractivity contribution in [2.24, 2.45) is 0 Å². The van der Waals surface area contributed by atoms with Gasteiger partial charge in [-0.15, -0.1) is 0 Å². The second kappa shape index (κ2) is 6.95. The van der Waals surface area contributed by atoms with Crippen molar-refractivity contribution in [3.05, 3.63) is 58.5 Å².